The Hall–Kier alpha value is -0.885. The van der Waals surface area contributed by atoms with Crippen LogP contribution in [0.2, 0.25) is 0 Å². The van der Waals surface area contributed by atoms with Crippen molar-refractivity contribution in [2.24, 2.45) is 0 Å². The van der Waals surface area contributed by atoms with E-state index in [0.29, 0.717) is 12.8 Å². The zero-order valence-electron chi connectivity index (χ0n) is 13.9. The molecular formula is C15H25BN2O4. The Morgan fingerprint density at radius 1 is 1.14 bits per heavy atom. The second-order valence-electron chi connectivity index (χ2n) is 7.48. The van der Waals surface area contributed by atoms with Crippen LogP contribution >= 0.6 is 0 Å². The standard InChI is InChI=1S/C15H25BN2O4/c1-9-11(16-21-14(2,3)15(4,5)22-16)8-17-18(9)10-6-12(19)13(20)7-10/h8,10,12-13,19-20H,6-7H2,1-5H3/t10-,12-,13+. The summed E-state index contributed by atoms with van der Waals surface area (Å²) in [4.78, 5) is 0. The van der Waals surface area contributed by atoms with E-state index in [1.54, 1.807) is 6.20 Å². The molecule has 0 spiro atoms. The van der Waals surface area contributed by atoms with Crippen molar-refractivity contribution < 1.29 is 19.5 Å². The SMILES string of the molecule is Cc1c(B2OC(C)(C)C(C)(C)O2)cnn1[C@@H]1C[C@@H](O)[C@@H](O)C1. The van der Waals surface area contributed by atoms with Crippen LogP contribution in [0.1, 0.15) is 52.3 Å². The molecule has 1 saturated heterocycles. The molecule has 0 aromatic carbocycles. The second-order valence-corrected chi connectivity index (χ2v) is 7.48. The first-order valence-electron chi connectivity index (χ1n) is 7.88. The monoisotopic (exact) mass is 308 g/mol. The van der Waals surface area contributed by atoms with Crippen molar-refractivity contribution in [1.82, 2.24) is 9.78 Å². The van der Waals surface area contributed by atoms with Gasteiger partial charge in [0, 0.05) is 17.4 Å². The predicted octanol–water partition coefficient (Wildman–Crippen LogP) is 0.547. The van der Waals surface area contributed by atoms with Crippen molar-refractivity contribution in [1.29, 1.82) is 0 Å². The maximum Gasteiger partial charge on any atom is 0.498 e. The van der Waals surface area contributed by atoms with E-state index >= 15 is 0 Å². The molecule has 1 aromatic heterocycles. The zero-order chi connectivity index (χ0) is 16.3. The minimum atomic E-state index is -0.672. The van der Waals surface area contributed by atoms with Crippen LogP contribution in [0.5, 0.6) is 0 Å². The van der Waals surface area contributed by atoms with E-state index < -0.39 is 19.3 Å². The Labute approximate surface area is 131 Å². The maximum atomic E-state index is 9.74. The molecule has 2 heterocycles. The number of rotatable bonds is 2. The number of hydrogen-bond donors (Lipinski definition) is 2. The molecule has 122 valence electrons. The summed E-state index contributed by atoms with van der Waals surface area (Å²) >= 11 is 0. The second kappa shape index (κ2) is 5.06. The molecule has 0 amide bonds. The molecule has 22 heavy (non-hydrogen) atoms. The number of aliphatic hydroxyl groups is 2. The third-order valence-electron chi connectivity index (χ3n) is 5.41. The first kappa shape index (κ1) is 16.0. The van der Waals surface area contributed by atoms with Crippen molar-refractivity contribution in [2.45, 2.75) is 76.9 Å². The van der Waals surface area contributed by atoms with Gasteiger partial charge in [-0.2, -0.15) is 5.10 Å². The fraction of sp³-hybridized carbons (Fsp3) is 0.800. The van der Waals surface area contributed by atoms with E-state index in [4.69, 9.17) is 9.31 Å². The molecule has 6 nitrogen and oxygen atoms in total. The quantitative estimate of drug-likeness (QED) is 0.780. The molecule has 3 atom stereocenters. The first-order chi connectivity index (χ1) is 10.1. The highest BCUT2D eigenvalue weighted by molar-refractivity contribution is 6.62. The Bertz CT molecular complexity index is 546. The van der Waals surface area contributed by atoms with E-state index in [-0.39, 0.29) is 17.2 Å². The average Bonchev–Trinajstić information content (AvgIpc) is 2.97. The summed E-state index contributed by atoms with van der Waals surface area (Å²) < 4.78 is 14.0. The van der Waals surface area contributed by atoms with Crippen molar-refractivity contribution in [3.63, 3.8) is 0 Å². The molecule has 1 saturated carbocycles. The predicted molar refractivity (Wildman–Crippen MR) is 83.0 cm³/mol. The van der Waals surface area contributed by atoms with Crippen molar-refractivity contribution in [3.8, 4) is 0 Å². The Kier molecular flexibility index (Phi) is 3.68. The summed E-state index contributed by atoms with van der Waals surface area (Å²) in [7, 11) is -0.435. The molecule has 0 radical (unpaired) electrons. The largest absolute Gasteiger partial charge is 0.498 e. The van der Waals surface area contributed by atoms with Crippen LogP contribution < -0.4 is 5.46 Å². The highest BCUT2D eigenvalue weighted by Gasteiger charge is 2.52. The molecular weight excluding hydrogens is 283 g/mol. The van der Waals surface area contributed by atoms with Gasteiger partial charge in [0.1, 0.15) is 0 Å². The van der Waals surface area contributed by atoms with Gasteiger partial charge in [-0.1, -0.05) is 0 Å². The van der Waals surface area contributed by atoms with Crippen LogP contribution in [-0.2, 0) is 9.31 Å². The normalized spacial score (nSPS) is 33.6. The summed E-state index contributed by atoms with van der Waals surface area (Å²) in [6.07, 6.45) is 1.47. The maximum absolute atomic E-state index is 9.74. The minimum absolute atomic E-state index is 0.0150. The van der Waals surface area contributed by atoms with Crippen molar-refractivity contribution in [2.75, 3.05) is 0 Å². The van der Waals surface area contributed by atoms with Crippen LogP contribution in [0.4, 0.5) is 0 Å². The van der Waals surface area contributed by atoms with Crippen molar-refractivity contribution >= 4 is 12.6 Å². The Balaban J connectivity index is 1.83. The molecule has 1 aromatic rings. The highest BCUT2D eigenvalue weighted by Crippen LogP contribution is 2.37. The van der Waals surface area contributed by atoms with Crippen LogP contribution in [0.25, 0.3) is 0 Å². The van der Waals surface area contributed by atoms with Gasteiger partial charge in [-0.15, -0.1) is 0 Å². The molecule has 3 rings (SSSR count). The summed E-state index contributed by atoms with van der Waals surface area (Å²) in [5.41, 5.74) is 1.11. The minimum Gasteiger partial charge on any atom is -0.399 e. The van der Waals surface area contributed by atoms with Crippen LogP contribution in [0.3, 0.4) is 0 Å². The third kappa shape index (κ3) is 2.40. The van der Waals surface area contributed by atoms with Gasteiger partial charge in [-0.25, -0.2) is 0 Å². The zero-order valence-corrected chi connectivity index (χ0v) is 13.9. The first-order valence-corrected chi connectivity index (χ1v) is 7.88. The van der Waals surface area contributed by atoms with Gasteiger partial charge in [0.25, 0.3) is 0 Å². The van der Waals surface area contributed by atoms with Crippen LogP contribution in [0.15, 0.2) is 6.20 Å². The lowest BCUT2D eigenvalue weighted by Crippen LogP contribution is -2.41. The molecule has 1 aliphatic carbocycles. The Morgan fingerprint density at radius 2 is 1.64 bits per heavy atom. The van der Waals surface area contributed by atoms with Crippen LogP contribution in [0, 0.1) is 6.92 Å². The molecule has 0 bridgehead atoms. The number of hydrogen-bond acceptors (Lipinski definition) is 5. The summed E-state index contributed by atoms with van der Waals surface area (Å²) in [6, 6.07) is 0.0150. The summed E-state index contributed by atoms with van der Waals surface area (Å²) in [5, 5.41) is 23.9. The highest BCUT2D eigenvalue weighted by atomic mass is 16.7. The molecule has 2 N–H and O–H groups in total. The average molecular weight is 308 g/mol. The van der Waals surface area contributed by atoms with Gasteiger partial charge >= 0.3 is 7.12 Å². The van der Waals surface area contributed by atoms with E-state index in [1.165, 1.54) is 0 Å². The lowest BCUT2D eigenvalue weighted by atomic mass is 9.79. The van der Waals surface area contributed by atoms with Gasteiger partial charge < -0.3 is 19.5 Å². The smallest absolute Gasteiger partial charge is 0.399 e. The topological polar surface area (TPSA) is 76.7 Å². The van der Waals surface area contributed by atoms with E-state index in [1.807, 2.05) is 39.3 Å². The molecule has 2 fully saturated rings. The molecule has 0 unspecified atom stereocenters. The summed E-state index contributed by atoms with van der Waals surface area (Å²) in [5.74, 6) is 0. The van der Waals surface area contributed by atoms with Gasteiger partial charge in [0.2, 0.25) is 0 Å². The van der Waals surface area contributed by atoms with Gasteiger partial charge in [0.05, 0.1) is 29.5 Å². The van der Waals surface area contributed by atoms with E-state index in [0.717, 1.165) is 11.2 Å². The number of aromatic nitrogens is 2. The fourth-order valence-corrected chi connectivity index (χ4v) is 3.17. The summed E-state index contributed by atoms with van der Waals surface area (Å²) in [6.45, 7) is 10.1. The lowest BCUT2D eigenvalue weighted by molar-refractivity contribution is 0.00578. The molecule has 2 aliphatic rings. The third-order valence-corrected chi connectivity index (χ3v) is 5.41. The molecule has 1 aliphatic heterocycles. The van der Waals surface area contributed by atoms with Crippen molar-refractivity contribution in [3.05, 3.63) is 11.9 Å². The van der Waals surface area contributed by atoms with E-state index in [2.05, 4.69) is 5.10 Å². The van der Waals surface area contributed by atoms with Gasteiger partial charge in [-0.05, 0) is 47.5 Å². The van der Waals surface area contributed by atoms with Crippen LogP contribution in [-0.4, -0.2) is 50.5 Å². The fourth-order valence-electron chi connectivity index (χ4n) is 3.17. The van der Waals surface area contributed by atoms with E-state index in [9.17, 15) is 10.2 Å². The number of nitrogens with zero attached hydrogens (tertiary/aromatic N) is 2. The lowest BCUT2D eigenvalue weighted by Gasteiger charge is -2.32. The Morgan fingerprint density at radius 3 is 2.14 bits per heavy atom. The molecule has 7 heteroatoms. The van der Waals surface area contributed by atoms with Gasteiger partial charge in [0.15, 0.2) is 0 Å². The number of aliphatic hydroxyl groups excluding tert-OH is 2. The van der Waals surface area contributed by atoms with Gasteiger partial charge in [-0.3, -0.25) is 4.68 Å².